The number of hydrogen-bond donors (Lipinski definition) is 2. The van der Waals surface area contributed by atoms with Gasteiger partial charge >= 0.3 is 55.6 Å². The minimum atomic E-state index is -7.99. The van der Waals surface area contributed by atoms with E-state index in [1.165, 1.54) is 0 Å². The van der Waals surface area contributed by atoms with Crippen molar-refractivity contribution in [2.45, 2.75) is 61.6 Å². The molecule has 4 N–H and O–H groups in total. The van der Waals surface area contributed by atoms with Gasteiger partial charge in [-0.3, -0.25) is 0 Å². The van der Waals surface area contributed by atoms with Crippen molar-refractivity contribution in [2.75, 3.05) is 0 Å². The van der Waals surface area contributed by atoms with E-state index in [-0.39, 0.29) is 6.15 Å². The molecular formula is C10H10F16NO4P. The Balaban J connectivity index is 0. The normalized spacial score (nSPS) is 16.1. The third-order valence-corrected chi connectivity index (χ3v) is 4.00. The maximum atomic E-state index is 13.1. The fraction of sp³-hybridized carbons (Fsp3) is 1.00. The topological polar surface area (TPSA) is 90.8 Å². The molecule has 0 aliphatic heterocycles. The van der Waals surface area contributed by atoms with E-state index in [2.05, 4.69) is 0 Å². The van der Waals surface area contributed by atoms with Gasteiger partial charge in [-0.15, -0.1) is 0 Å². The molecule has 0 aromatic carbocycles. The maximum absolute atomic E-state index is 13.1. The smallest absolute Gasteiger partial charge is 0.344 e. The van der Waals surface area contributed by atoms with Gasteiger partial charge in [-0.1, -0.05) is 0 Å². The van der Waals surface area contributed by atoms with E-state index in [1.807, 2.05) is 9.05 Å². The van der Waals surface area contributed by atoms with Crippen molar-refractivity contribution in [1.29, 1.82) is 0 Å². The lowest BCUT2D eigenvalue weighted by Gasteiger charge is -2.37. The monoisotopic (exact) mass is 543 g/mol. The molecule has 22 heteroatoms. The van der Waals surface area contributed by atoms with Gasteiger partial charge in [0, 0.05) is 13.8 Å². The SMILES string of the molecule is CC(F)(F)C(F)(F)C(F)(F)C(F)(F)OP(=O)(O)OC(F)(F)C(F)(F)C(F)(F)C(C)(F)F.N. The van der Waals surface area contributed by atoms with Crippen molar-refractivity contribution >= 4 is 7.82 Å². The number of rotatable bonds is 10. The molecule has 0 saturated heterocycles. The molecule has 196 valence electrons. The Morgan fingerprint density at radius 1 is 0.531 bits per heavy atom. The summed E-state index contributed by atoms with van der Waals surface area (Å²) in [7, 11) is -7.99. The van der Waals surface area contributed by atoms with Gasteiger partial charge in [0.15, 0.2) is 0 Å². The van der Waals surface area contributed by atoms with Crippen LogP contribution in [0.25, 0.3) is 0 Å². The van der Waals surface area contributed by atoms with Crippen LogP contribution in [0.2, 0.25) is 0 Å². The summed E-state index contributed by atoms with van der Waals surface area (Å²) in [5.41, 5.74) is 0. The molecule has 0 atom stereocenters. The van der Waals surface area contributed by atoms with E-state index in [9.17, 15) is 74.8 Å². The molecule has 5 nitrogen and oxygen atoms in total. The van der Waals surface area contributed by atoms with Crippen LogP contribution in [0.15, 0.2) is 0 Å². The minimum Gasteiger partial charge on any atom is -0.344 e. The number of alkyl halides is 16. The zero-order valence-corrected chi connectivity index (χ0v) is 15.8. The first kappa shape index (κ1) is 33.1. The average Bonchev–Trinajstić information content (AvgIpc) is 2.41. The second-order valence-corrected chi connectivity index (χ2v) is 7.06. The van der Waals surface area contributed by atoms with Crippen LogP contribution in [0.3, 0.4) is 0 Å². The van der Waals surface area contributed by atoms with E-state index < -0.39 is 69.4 Å². The highest BCUT2D eigenvalue weighted by molar-refractivity contribution is 7.47. The van der Waals surface area contributed by atoms with Crippen LogP contribution in [0, 0.1) is 0 Å². The maximum Gasteiger partial charge on any atom is 0.482 e. The Bertz CT molecular complexity index is 659. The largest absolute Gasteiger partial charge is 0.482 e. The predicted molar refractivity (Wildman–Crippen MR) is 67.9 cm³/mol. The van der Waals surface area contributed by atoms with Crippen LogP contribution < -0.4 is 6.15 Å². The van der Waals surface area contributed by atoms with Crippen molar-refractivity contribution in [2.24, 2.45) is 0 Å². The van der Waals surface area contributed by atoms with Crippen LogP contribution in [0.1, 0.15) is 13.8 Å². The van der Waals surface area contributed by atoms with Crippen molar-refractivity contribution in [1.82, 2.24) is 6.15 Å². The molecule has 32 heavy (non-hydrogen) atoms. The van der Waals surface area contributed by atoms with Gasteiger partial charge in [-0.2, -0.15) is 70.2 Å². The summed E-state index contributed by atoms with van der Waals surface area (Å²) in [5, 5.41) is 0. The Morgan fingerprint density at radius 2 is 0.719 bits per heavy atom. The molecule has 0 bridgehead atoms. The Kier molecular flexibility index (Phi) is 8.61. The molecule has 0 heterocycles. The second kappa shape index (κ2) is 8.31. The molecule has 0 aliphatic carbocycles. The van der Waals surface area contributed by atoms with E-state index in [0.29, 0.717) is 0 Å². The van der Waals surface area contributed by atoms with E-state index >= 15 is 0 Å². The lowest BCUT2D eigenvalue weighted by atomic mass is 10.1. The molecule has 0 rings (SSSR count). The lowest BCUT2D eigenvalue weighted by Crippen LogP contribution is -2.62. The first-order chi connectivity index (χ1) is 12.9. The standard InChI is InChI=1S/C10H7F16O4P.H3N/c1-3(11,12)5(15,16)7(19,20)9(23,24)29-31(27,28)30-10(25,26)8(21,22)6(17,18)4(2,13)14;/h1-2H3,(H,27,28);1H3. The number of halogens is 16. The van der Waals surface area contributed by atoms with Crippen LogP contribution in [-0.4, -0.2) is 52.6 Å². The quantitative estimate of drug-likeness (QED) is 0.249. The van der Waals surface area contributed by atoms with Gasteiger partial charge in [-0.25, -0.2) is 13.6 Å². The third kappa shape index (κ3) is 5.36. The number of phosphoric ester groups is 1. The molecule has 0 radical (unpaired) electrons. The Morgan fingerprint density at radius 3 is 0.875 bits per heavy atom. The van der Waals surface area contributed by atoms with Crippen molar-refractivity contribution in [3.05, 3.63) is 0 Å². The first-order valence-corrected chi connectivity index (χ1v) is 8.18. The number of hydrogen-bond acceptors (Lipinski definition) is 4. The zero-order valence-electron chi connectivity index (χ0n) is 14.9. The molecule has 0 aromatic heterocycles. The highest BCUT2D eigenvalue weighted by Crippen LogP contribution is 2.63. The van der Waals surface area contributed by atoms with Gasteiger partial charge in [0.25, 0.3) is 0 Å². The van der Waals surface area contributed by atoms with E-state index in [0.717, 1.165) is 0 Å². The van der Waals surface area contributed by atoms with Gasteiger partial charge < -0.3 is 11.0 Å². The molecule has 0 unspecified atom stereocenters. The highest BCUT2D eigenvalue weighted by Gasteiger charge is 2.83. The van der Waals surface area contributed by atoms with Crippen molar-refractivity contribution in [3.63, 3.8) is 0 Å². The van der Waals surface area contributed by atoms with E-state index in [1.54, 1.807) is 0 Å². The molecular weight excluding hydrogens is 533 g/mol. The summed E-state index contributed by atoms with van der Waals surface area (Å²) in [5.74, 6) is -41.5. The van der Waals surface area contributed by atoms with Crippen LogP contribution in [-0.2, 0) is 13.6 Å². The summed E-state index contributed by atoms with van der Waals surface area (Å²) < 4.78 is 221. The predicted octanol–water partition coefficient (Wildman–Crippen LogP) is 6.32. The highest BCUT2D eigenvalue weighted by atomic mass is 31.2. The van der Waals surface area contributed by atoms with Crippen molar-refractivity contribution < 1.29 is 88.8 Å². The third-order valence-electron chi connectivity index (χ3n) is 3.08. The molecule has 0 saturated carbocycles. The van der Waals surface area contributed by atoms with Crippen LogP contribution >= 0.6 is 7.82 Å². The summed E-state index contributed by atoms with van der Waals surface area (Å²) in [6.07, 6.45) is -14.8. The van der Waals surface area contributed by atoms with E-state index in [4.69, 9.17) is 4.89 Å². The molecule has 0 spiro atoms. The Labute approximate surface area is 165 Å². The van der Waals surface area contributed by atoms with Crippen LogP contribution in [0.5, 0.6) is 0 Å². The minimum absolute atomic E-state index is 0. The van der Waals surface area contributed by atoms with Gasteiger partial charge in [0.2, 0.25) is 0 Å². The first-order valence-electron chi connectivity index (χ1n) is 6.68. The summed E-state index contributed by atoms with van der Waals surface area (Å²) >= 11 is 0. The molecule has 0 fully saturated rings. The second-order valence-electron chi connectivity index (χ2n) is 5.76. The fourth-order valence-corrected chi connectivity index (χ4v) is 2.19. The van der Waals surface area contributed by atoms with Gasteiger partial charge in [0.1, 0.15) is 0 Å². The van der Waals surface area contributed by atoms with Gasteiger partial charge in [-0.05, 0) is 0 Å². The van der Waals surface area contributed by atoms with Crippen LogP contribution in [0.4, 0.5) is 70.2 Å². The Hall–Kier alpha value is -1.05. The van der Waals surface area contributed by atoms with Crippen molar-refractivity contribution in [3.8, 4) is 0 Å². The summed E-state index contributed by atoms with van der Waals surface area (Å²) in [6, 6.07) is 0. The average molecular weight is 543 g/mol. The van der Waals surface area contributed by atoms with Gasteiger partial charge in [0.05, 0.1) is 0 Å². The fourth-order valence-electron chi connectivity index (χ4n) is 1.34. The summed E-state index contributed by atoms with van der Waals surface area (Å²) in [4.78, 5) is 8.47. The molecule has 0 aromatic rings. The molecule has 0 amide bonds. The summed E-state index contributed by atoms with van der Waals surface area (Å²) in [6.45, 7) is -2.15. The number of phosphoric acid groups is 1. The molecule has 0 aliphatic rings. The lowest BCUT2D eigenvalue weighted by molar-refractivity contribution is -0.421. The zero-order chi connectivity index (χ0) is 25.9.